The Morgan fingerprint density at radius 1 is 1.31 bits per heavy atom. The van der Waals surface area contributed by atoms with E-state index in [1.165, 1.54) is 6.42 Å². The molecule has 0 aromatic heterocycles. The highest BCUT2D eigenvalue weighted by atomic mass is 16.6. The van der Waals surface area contributed by atoms with Gasteiger partial charge in [-0.05, 0) is 49.9 Å². The first-order valence-electron chi connectivity index (χ1n) is 6.23. The minimum atomic E-state index is -0.592. The second kappa shape index (κ2) is 3.44. The zero-order chi connectivity index (χ0) is 11.3. The summed E-state index contributed by atoms with van der Waals surface area (Å²) in [6.45, 7) is -0.0888. The van der Waals surface area contributed by atoms with Gasteiger partial charge in [-0.25, -0.2) is 0 Å². The Kier molecular flexibility index (Phi) is 2.27. The van der Waals surface area contributed by atoms with Gasteiger partial charge >= 0.3 is 5.97 Å². The van der Waals surface area contributed by atoms with Gasteiger partial charge in [0.15, 0.2) is 0 Å². The molecule has 0 aromatic carbocycles. The summed E-state index contributed by atoms with van der Waals surface area (Å²) in [5, 5.41) is 10.3. The number of carbonyl (C=O) groups excluding carboxylic acids is 1. The molecule has 4 aliphatic rings. The van der Waals surface area contributed by atoms with E-state index < -0.39 is 11.7 Å². The Morgan fingerprint density at radius 3 is 2.50 bits per heavy atom. The van der Waals surface area contributed by atoms with E-state index in [1.54, 1.807) is 0 Å². The van der Waals surface area contributed by atoms with Gasteiger partial charge < -0.3 is 15.6 Å². The highest BCUT2D eigenvalue weighted by Gasteiger charge is 2.58. The molecule has 0 spiro atoms. The predicted octanol–water partition coefficient (Wildman–Crippen LogP) is 0.428. The Balaban J connectivity index is 1.85. The van der Waals surface area contributed by atoms with Gasteiger partial charge in [0.25, 0.3) is 0 Å². The highest BCUT2D eigenvalue weighted by Crippen LogP contribution is 2.57. The van der Waals surface area contributed by atoms with E-state index in [0.717, 1.165) is 25.7 Å². The number of esters is 1. The van der Waals surface area contributed by atoms with Gasteiger partial charge in [-0.1, -0.05) is 0 Å². The van der Waals surface area contributed by atoms with Gasteiger partial charge in [0.2, 0.25) is 0 Å². The molecule has 3 atom stereocenters. The van der Waals surface area contributed by atoms with Crippen molar-refractivity contribution in [1.29, 1.82) is 0 Å². The first-order chi connectivity index (χ1) is 7.63. The average molecular weight is 225 g/mol. The van der Waals surface area contributed by atoms with Crippen LogP contribution < -0.4 is 5.73 Å². The quantitative estimate of drug-likeness (QED) is 0.668. The first kappa shape index (κ1) is 10.5. The molecule has 0 radical (unpaired) electrons. The lowest BCUT2D eigenvalue weighted by Gasteiger charge is -2.58. The zero-order valence-corrected chi connectivity index (χ0v) is 9.39. The number of aliphatic hydroxyl groups excluding tert-OH is 1. The fraction of sp³-hybridized carbons (Fsp3) is 0.917. The normalized spacial score (nSPS) is 49.4. The summed E-state index contributed by atoms with van der Waals surface area (Å²) in [6.07, 6.45) is 4.69. The lowest BCUT2D eigenvalue weighted by atomic mass is 9.53. The van der Waals surface area contributed by atoms with Crippen molar-refractivity contribution in [2.24, 2.45) is 23.5 Å². The van der Waals surface area contributed by atoms with Crippen molar-refractivity contribution in [1.82, 2.24) is 0 Å². The van der Waals surface area contributed by atoms with Gasteiger partial charge in [-0.2, -0.15) is 0 Å². The third-order valence-corrected chi connectivity index (χ3v) is 4.68. The minimum Gasteiger partial charge on any atom is -0.455 e. The van der Waals surface area contributed by atoms with E-state index in [9.17, 15) is 9.90 Å². The molecule has 0 aromatic rings. The van der Waals surface area contributed by atoms with Crippen LogP contribution in [0, 0.1) is 17.8 Å². The molecular formula is C12H19NO3. The zero-order valence-electron chi connectivity index (χ0n) is 9.39. The van der Waals surface area contributed by atoms with E-state index >= 15 is 0 Å². The number of nitrogens with two attached hydrogens (primary N) is 1. The molecule has 4 fully saturated rings. The van der Waals surface area contributed by atoms with E-state index in [0.29, 0.717) is 17.8 Å². The lowest BCUT2D eigenvalue weighted by molar-refractivity contribution is -0.226. The fourth-order valence-corrected chi connectivity index (χ4v) is 4.35. The summed E-state index contributed by atoms with van der Waals surface area (Å²) in [5.74, 6) is 1.26. The Morgan fingerprint density at radius 2 is 1.94 bits per heavy atom. The van der Waals surface area contributed by atoms with Crippen molar-refractivity contribution in [2.45, 2.75) is 43.8 Å². The Bertz CT molecular complexity index is 303. The summed E-state index contributed by atoms with van der Waals surface area (Å²) in [6, 6.07) is 0. The van der Waals surface area contributed by atoms with Crippen LogP contribution in [0.5, 0.6) is 0 Å². The van der Waals surface area contributed by atoms with Gasteiger partial charge in [0.1, 0.15) is 5.60 Å². The van der Waals surface area contributed by atoms with Crippen LogP contribution in [-0.2, 0) is 9.53 Å². The molecule has 3 N–H and O–H groups in total. The molecule has 0 aliphatic heterocycles. The van der Waals surface area contributed by atoms with Crippen LogP contribution in [0.3, 0.4) is 0 Å². The molecule has 0 heterocycles. The summed E-state index contributed by atoms with van der Waals surface area (Å²) in [7, 11) is 0. The largest absolute Gasteiger partial charge is 0.455 e. The second-order valence-corrected chi connectivity index (χ2v) is 5.80. The monoisotopic (exact) mass is 225 g/mol. The number of rotatable bonds is 2. The molecule has 4 heteroatoms. The lowest BCUT2D eigenvalue weighted by Crippen LogP contribution is -2.62. The van der Waals surface area contributed by atoms with Crippen LogP contribution in [0.25, 0.3) is 0 Å². The van der Waals surface area contributed by atoms with Crippen LogP contribution in [0.4, 0.5) is 0 Å². The highest BCUT2D eigenvalue weighted by molar-refractivity contribution is 5.72. The average Bonchev–Trinajstić information content (AvgIpc) is 2.24. The number of hydrogen-bond donors (Lipinski definition) is 2. The third-order valence-electron chi connectivity index (χ3n) is 4.68. The third kappa shape index (κ3) is 1.39. The number of hydrogen-bond acceptors (Lipinski definition) is 4. The fourth-order valence-electron chi connectivity index (χ4n) is 4.35. The molecule has 0 amide bonds. The van der Waals surface area contributed by atoms with Crippen molar-refractivity contribution in [3.8, 4) is 0 Å². The van der Waals surface area contributed by atoms with Crippen molar-refractivity contribution >= 4 is 5.97 Å². The van der Waals surface area contributed by atoms with Crippen LogP contribution >= 0.6 is 0 Å². The summed E-state index contributed by atoms with van der Waals surface area (Å²) in [5.41, 5.74) is 4.70. The van der Waals surface area contributed by atoms with Crippen LogP contribution in [0.2, 0.25) is 0 Å². The molecule has 4 rings (SSSR count). The topological polar surface area (TPSA) is 72.6 Å². The Hall–Kier alpha value is -0.610. The van der Waals surface area contributed by atoms with Crippen molar-refractivity contribution in [2.75, 3.05) is 6.54 Å². The summed E-state index contributed by atoms with van der Waals surface area (Å²) >= 11 is 0. The molecular weight excluding hydrogens is 206 g/mol. The van der Waals surface area contributed by atoms with E-state index in [4.69, 9.17) is 10.5 Å². The van der Waals surface area contributed by atoms with Gasteiger partial charge in [0.05, 0.1) is 12.6 Å². The maximum atomic E-state index is 11.4. The van der Waals surface area contributed by atoms with Crippen molar-refractivity contribution in [3.05, 3.63) is 0 Å². The predicted molar refractivity (Wildman–Crippen MR) is 57.4 cm³/mol. The maximum Gasteiger partial charge on any atom is 0.320 e. The molecule has 90 valence electrons. The number of ether oxygens (including phenoxy) is 1. The van der Waals surface area contributed by atoms with E-state index in [1.807, 2.05) is 0 Å². The van der Waals surface area contributed by atoms with Crippen LogP contribution in [0.1, 0.15) is 32.1 Å². The summed E-state index contributed by atoms with van der Waals surface area (Å²) < 4.78 is 5.50. The maximum absolute atomic E-state index is 11.4. The minimum absolute atomic E-state index is 0.0888. The smallest absolute Gasteiger partial charge is 0.320 e. The van der Waals surface area contributed by atoms with Gasteiger partial charge in [-0.15, -0.1) is 0 Å². The molecule has 16 heavy (non-hydrogen) atoms. The molecule has 3 unspecified atom stereocenters. The first-order valence-corrected chi connectivity index (χ1v) is 6.23. The SMILES string of the molecule is NCC(=O)OC12CC3CC(CC(C3)C1O)C2. The Labute approximate surface area is 95.1 Å². The summed E-state index contributed by atoms with van der Waals surface area (Å²) in [4.78, 5) is 11.4. The molecule has 4 nitrogen and oxygen atoms in total. The molecule has 4 bridgehead atoms. The van der Waals surface area contributed by atoms with E-state index in [-0.39, 0.29) is 12.5 Å². The standard InChI is InChI=1S/C12H19NO3/c13-6-10(14)16-12-4-7-1-8(5-12)3-9(2-7)11(12)15/h7-9,11,15H,1-6,13H2. The molecule has 4 aliphatic carbocycles. The molecule has 4 saturated carbocycles. The number of carbonyl (C=O) groups is 1. The van der Waals surface area contributed by atoms with E-state index in [2.05, 4.69) is 0 Å². The van der Waals surface area contributed by atoms with Crippen molar-refractivity contribution in [3.63, 3.8) is 0 Å². The second-order valence-electron chi connectivity index (χ2n) is 5.80. The number of aliphatic hydroxyl groups is 1. The molecule has 0 saturated heterocycles. The van der Waals surface area contributed by atoms with Crippen molar-refractivity contribution < 1.29 is 14.6 Å². The van der Waals surface area contributed by atoms with Crippen LogP contribution in [-0.4, -0.2) is 29.3 Å². The van der Waals surface area contributed by atoms with Gasteiger partial charge in [0, 0.05) is 0 Å². The van der Waals surface area contributed by atoms with Crippen LogP contribution in [0.15, 0.2) is 0 Å². The van der Waals surface area contributed by atoms with Gasteiger partial charge in [-0.3, -0.25) is 4.79 Å².